The summed E-state index contributed by atoms with van der Waals surface area (Å²) in [6.45, 7) is 4.86. The molecular weight excluding hydrogens is 350 g/mol. The van der Waals surface area contributed by atoms with E-state index in [4.69, 9.17) is 4.74 Å². The molecule has 6 nitrogen and oxygen atoms in total. The first-order chi connectivity index (χ1) is 12.5. The van der Waals surface area contributed by atoms with Gasteiger partial charge in [0.25, 0.3) is 0 Å². The lowest BCUT2D eigenvalue weighted by Gasteiger charge is -2.22. The number of likely N-dealkylation sites (tertiary alicyclic amines) is 1. The monoisotopic (exact) mass is 373 g/mol. The van der Waals surface area contributed by atoms with Crippen molar-refractivity contribution in [3.8, 4) is 5.75 Å². The fraction of sp³-hybridized carbons (Fsp3) is 0.421. The number of ether oxygens (including phenoxy) is 1. The number of amides is 1. The van der Waals surface area contributed by atoms with Gasteiger partial charge in [0.2, 0.25) is 5.91 Å². The van der Waals surface area contributed by atoms with Gasteiger partial charge in [0.05, 0.1) is 22.5 Å². The molecule has 2 aromatic rings. The molecule has 2 atom stereocenters. The summed E-state index contributed by atoms with van der Waals surface area (Å²) in [5.74, 6) is 0.608. The van der Waals surface area contributed by atoms with Crippen molar-refractivity contribution >= 4 is 23.3 Å². The Kier molecular flexibility index (Phi) is 6.00. The summed E-state index contributed by atoms with van der Waals surface area (Å²) in [4.78, 5) is 22.7. The quantitative estimate of drug-likeness (QED) is 0.834. The van der Waals surface area contributed by atoms with E-state index in [9.17, 15) is 9.90 Å². The van der Waals surface area contributed by atoms with Crippen LogP contribution in [0.15, 0.2) is 29.8 Å². The van der Waals surface area contributed by atoms with E-state index in [-0.39, 0.29) is 12.0 Å². The van der Waals surface area contributed by atoms with Gasteiger partial charge in [0, 0.05) is 37.2 Å². The first kappa shape index (κ1) is 18.5. The molecular formula is C19H23N3O3S. The van der Waals surface area contributed by atoms with Gasteiger partial charge >= 0.3 is 0 Å². The first-order valence-corrected chi connectivity index (χ1v) is 9.56. The highest BCUT2D eigenvalue weighted by Crippen LogP contribution is 2.22. The van der Waals surface area contributed by atoms with Crippen LogP contribution in [0.25, 0.3) is 6.08 Å². The molecule has 1 saturated heterocycles. The van der Waals surface area contributed by atoms with Gasteiger partial charge in [-0.3, -0.25) is 9.78 Å². The molecule has 1 fully saturated rings. The number of hydrogen-bond acceptors (Lipinski definition) is 6. The van der Waals surface area contributed by atoms with E-state index in [1.807, 2.05) is 31.4 Å². The molecule has 138 valence electrons. The molecule has 0 unspecified atom stereocenters. The molecule has 1 aliphatic heterocycles. The minimum absolute atomic E-state index is 0.0685. The Labute approximate surface area is 157 Å². The highest BCUT2D eigenvalue weighted by molar-refractivity contribution is 7.09. The van der Waals surface area contributed by atoms with Crippen molar-refractivity contribution in [2.75, 3.05) is 13.1 Å². The van der Waals surface area contributed by atoms with Crippen molar-refractivity contribution in [2.24, 2.45) is 0 Å². The molecule has 7 heteroatoms. The number of nitrogens with zero attached hydrogens (tertiary/aromatic N) is 3. The smallest absolute Gasteiger partial charge is 0.246 e. The normalized spacial score (nSPS) is 21.0. The molecule has 26 heavy (non-hydrogen) atoms. The van der Waals surface area contributed by atoms with E-state index >= 15 is 0 Å². The summed E-state index contributed by atoms with van der Waals surface area (Å²) in [7, 11) is 0. The van der Waals surface area contributed by atoms with Gasteiger partial charge < -0.3 is 14.7 Å². The number of aromatic nitrogens is 2. The molecule has 0 aromatic carbocycles. The van der Waals surface area contributed by atoms with Gasteiger partial charge in [0.15, 0.2) is 0 Å². The average Bonchev–Trinajstić information content (AvgIpc) is 2.96. The fourth-order valence-corrected chi connectivity index (χ4v) is 3.48. The predicted octanol–water partition coefficient (Wildman–Crippen LogP) is 2.60. The molecule has 2 aromatic heterocycles. The second kappa shape index (κ2) is 8.42. The molecule has 0 saturated carbocycles. The number of rotatable bonds is 4. The Morgan fingerprint density at radius 3 is 2.92 bits per heavy atom. The van der Waals surface area contributed by atoms with Crippen LogP contribution in [0.5, 0.6) is 5.75 Å². The van der Waals surface area contributed by atoms with Gasteiger partial charge in [-0.05, 0) is 38.5 Å². The van der Waals surface area contributed by atoms with Crippen LogP contribution in [0.1, 0.15) is 29.2 Å². The zero-order valence-corrected chi connectivity index (χ0v) is 15.8. The summed E-state index contributed by atoms with van der Waals surface area (Å²) in [6, 6.07) is 3.66. The third kappa shape index (κ3) is 4.68. The second-order valence-electron chi connectivity index (χ2n) is 6.34. The first-order valence-electron chi connectivity index (χ1n) is 8.68. The SMILES string of the molecule is Cc1nc(/C=C/C(=O)N2CC[C@H](Oc3cccnc3C)[C@@H](O)CC2)cs1. The van der Waals surface area contributed by atoms with Gasteiger partial charge in [-0.2, -0.15) is 0 Å². The number of carbonyl (C=O) groups excluding carboxylic acids is 1. The highest BCUT2D eigenvalue weighted by atomic mass is 32.1. The van der Waals surface area contributed by atoms with Crippen LogP contribution >= 0.6 is 11.3 Å². The van der Waals surface area contributed by atoms with Crippen LogP contribution in [-0.2, 0) is 4.79 Å². The van der Waals surface area contributed by atoms with E-state index in [1.165, 1.54) is 0 Å². The lowest BCUT2D eigenvalue weighted by atomic mass is 10.1. The molecule has 1 N–H and O–H groups in total. The average molecular weight is 373 g/mol. The number of pyridine rings is 1. The number of hydrogen-bond donors (Lipinski definition) is 1. The minimum Gasteiger partial charge on any atom is -0.486 e. The summed E-state index contributed by atoms with van der Waals surface area (Å²) < 4.78 is 5.96. The zero-order valence-electron chi connectivity index (χ0n) is 15.0. The molecule has 1 aliphatic rings. The minimum atomic E-state index is -0.613. The second-order valence-corrected chi connectivity index (χ2v) is 7.40. The summed E-state index contributed by atoms with van der Waals surface area (Å²) in [5.41, 5.74) is 1.59. The number of aryl methyl sites for hydroxylation is 2. The Morgan fingerprint density at radius 1 is 1.38 bits per heavy atom. The maximum Gasteiger partial charge on any atom is 0.246 e. The fourth-order valence-electron chi connectivity index (χ4n) is 2.90. The van der Waals surface area contributed by atoms with Crippen LogP contribution in [-0.4, -0.2) is 51.2 Å². The third-order valence-electron chi connectivity index (χ3n) is 4.39. The van der Waals surface area contributed by atoms with E-state index in [1.54, 1.807) is 34.6 Å². The van der Waals surface area contributed by atoms with Crippen LogP contribution in [0.2, 0.25) is 0 Å². The standard InChI is InChI=1S/C19H23N3O3S/c1-13-17(4-3-9-20-13)25-18-8-11-22(10-7-16(18)23)19(24)6-5-15-12-26-14(2)21-15/h3-6,9,12,16,18,23H,7-8,10-11H2,1-2H3/b6-5+/t16-,18-/m0/s1. The predicted molar refractivity (Wildman–Crippen MR) is 101 cm³/mol. The molecule has 0 spiro atoms. The molecule has 0 bridgehead atoms. The molecule has 1 amide bonds. The Balaban J connectivity index is 1.60. The summed E-state index contributed by atoms with van der Waals surface area (Å²) in [6.07, 6.45) is 5.10. The van der Waals surface area contributed by atoms with Crippen molar-refractivity contribution in [3.05, 3.63) is 46.2 Å². The Bertz CT molecular complexity index is 790. The third-order valence-corrected chi connectivity index (χ3v) is 5.18. The van der Waals surface area contributed by atoms with Crippen LogP contribution in [0.4, 0.5) is 0 Å². The molecule has 0 radical (unpaired) electrons. The van der Waals surface area contributed by atoms with Crippen molar-refractivity contribution in [1.29, 1.82) is 0 Å². The van der Waals surface area contributed by atoms with E-state index in [0.717, 1.165) is 16.4 Å². The van der Waals surface area contributed by atoms with Crippen LogP contribution in [0, 0.1) is 13.8 Å². The Hall–Kier alpha value is -2.25. The van der Waals surface area contributed by atoms with Crippen molar-refractivity contribution in [1.82, 2.24) is 14.9 Å². The lowest BCUT2D eigenvalue weighted by molar-refractivity contribution is -0.126. The number of carbonyl (C=O) groups is 1. The largest absolute Gasteiger partial charge is 0.486 e. The lowest BCUT2D eigenvalue weighted by Crippen LogP contribution is -2.32. The van der Waals surface area contributed by atoms with Crippen molar-refractivity contribution in [2.45, 2.75) is 38.9 Å². The maximum atomic E-state index is 12.4. The topological polar surface area (TPSA) is 75.6 Å². The summed E-state index contributed by atoms with van der Waals surface area (Å²) in [5, 5.41) is 13.3. The van der Waals surface area contributed by atoms with E-state index in [0.29, 0.717) is 31.7 Å². The van der Waals surface area contributed by atoms with Gasteiger partial charge in [0.1, 0.15) is 11.9 Å². The molecule has 0 aliphatic carbocycles. The zero-order chi connectivity index (χ0) is 18.5. The van der Waals surface area contributed by atoms with Crippen molar-refractivity contribution < 1.29 is 14.6 Å². The number of thiazole rings is 1. The maximum absolute atomic E-state index is 12.4. The van der Waals surface area contributed by atoms with Crippen molar-refractivity contribution in [3.63, 3.8) is 0 Å². The number of aliphatic hydroxyl groups is 1. The molecule has 3 heterocycles. The van der Waals surface area contributed by atoms with Gasteiger partial charge in [-0.15, -0.1) is 11.3 Å². The van der Waals surface area contributed by atoms with Crippen LogP contribution < -0.4 is 4.74 Å². The molecule has 3 rings (SSSR count). The van der Waals surface area contributed by atoms with E-state index in [2.05, 4.69) is 9.97 Å². The highest BCUT2D eigenvalue weighted by Gasteiger charge is 2.28. The van der Waals surface area contributed by atoms with Gasteiger partial charge in [-0.25, -0.2) is 4.98 Å². The number of aliphatic hydroxyl groups excluding tert-OH is 1. The van der Waals surface area contributed by atoms with Gasteiger partial charge in [-0.1, -0.05) is 0 Å². The van der Waals surface area contributed by atoms with E-state index < -0.39 is 6.10 Å². The van der Waals surface area contributed by atoms with Crippen LogP contribution in [0.3, 0.4) is 0 Å². The summed E-state index contributed by atoms with van der Waals surface area (Å²) >= 11 is 1.56. The Morgan fingerprint density at radius 2 is 2.19 bits per heavy atom.